The molecule has 1 fully saturated rings. The van der Waals surface area contributed by atoms with Crippen molar-refractivity contribution < 1.29 is 23.9 Å². The number of carboxylic acid groups (broad SMARTS) is 1. The van der Waals surface area contributed by atoms with Gasteiger partial charge in [0, 0.05) is 12.2 Å². The van der Waals surface area contributed by atoms with Crippen molar-refractivity contribution in [2.24, 2.45) is 0 Å². The number of halogens is 1. The van der Waals surface area contributed by atoms with Crippen LogP contribution in [0.2, 0.25) is 0 Å². The number of aromatic carboxylic acids is 1. The minimum absolute atomic E-state index is 0.0321. The molecule has 0 spiro atoms. The number of carbonyl (C=O) groups is 3. The lowest BCUT2D eigenvalue weighted by molar-refractivity contribution is -0.124. The fraction of sp³-hybridized carbons (Fsp3) is 0.250. The molecule has 1 saturated heterocycles. The molecule has 0 saturated carbocycles. The van der Waals surface area contributed by atoms with Gasteiger partial charge in [-0.25, -0.2) is 9.18 Å². The smallest absolute Gasteiger partial charge is 0.338 e. The summed E-state index contributed by atoms with van der Waals surface area (Å²) in [6.45, 7) is 0.171. The molecule has 106 valence electrons. The maximum Gasteiger partial charge on any atom is 0.338 e. The van der Waals surface area contributed by atoms with Gasteiger partial charge in [-0.1, -0.05) is 0 Å². The highest BCUT2D eigenvalue weighted by molar-refractivity contribution is 5.97. The molecule has 20 heavy (non-hydrogen) atoms. The second-order valence-electron chi connectivity index (χ2n) is 4.23. The van der Waals surface area contributed by atoms with Crippen molar-refractivity contribution in [3.05, 3.63) is 29.6 Å². The lowest BCUT2D eigenvalue weighted by Gasteiger charge is -2.23. The van der Waals surface area contributed by atoms with E-state index in [1.807, 2.05) is 0 Å². The van der Waals surface area contributed by atoms with Crippen LogP contribution in [-0.2, 0) is 9.59 Å². The second-order valence-corrected chi connectivity index (χ2v) is 4.23. The molecule has 0 aromatic heterocycles. The van der Waals surface area contributed by atoms with Crippen LogP contribution in [0, 0.1) is 5.82 Å². The van der Waals surface area contributed by atoms with Gasteiger partial charge in [-0.3, -0.25) is 14.9 Å². The van der Waals surface area contributed by atoms with Crippen molar-refractivity contribution in [3.8, 4) is 0 Å². The van der Waals surface area contributed by atoms with Gasteiger partial charge in [0.25, 0.3) is 0 Å². The Labute approximate surface area is 113 Å². The molecule has 0 radical (unpaired) electrons. The number of nitrogens with one attached hydrogen (secondary N) is 3. The number of amides is 2. The average molecular weight is 281 g/mol. The molecule has 4 N–H and O–H groups in total. The van der Waals surface area contributed by atoms with Gasteiger partial charge in [-0.15, -0.1) is 0 Å². The molecule has 1 aliphatic rings. The molecule has 1 heterocycles. The van der Waals surface area contributed by atoms with Crippen LogP contribution in [0.15, 0.2) is 18.2 Å². The first kappa shape index (κ1) is 13.9. The molecule has 1 aromatic carbocycles. The zero-order valence-electron chi connectivity index (χ0n) is 10.3. The van der Waals surface area contributed by atoms with E-state index in [-0.39, 0.29) is 24.7 Å². The van der Waals surface area contributed by atoms with Crippen molar-refractivity contribution in [1.82, 2.24) is 10.6 Å². The molecule has 8 heteroatoms. The van der Waals surface area contributed by atoms with E-state index in [4.69, 9.17) is 5.11 Å². The highest BCUT2D eigenvalue weighted by atomic mass is 19.1. The number of carbonyl (C=O) groups excluding carboxylic acids is 2. The minimum Gasteiger partial charge on any atom is -0.478 e. The molecule has 0 bridgehead atoms. The van der Waals surface area contributed by atoms with E-state index in [0.29, 0.717) is 0 Å². The highest BCUT2D eigenvalue weighted by Crippen LogP contribution is 2.15. The fourth-order valence-electron chi connectivity index (χ4n) is 1.75. The van der Waals surface area contributed by atoms with Crippen LogP contribution in [0.25, 0.3) is 0 Å². The molecule has 2 amide bonds. The van der Waals surface area contributed by atoms with Crippen molar-refractivity contribution in [3.63, 3.8) is 0 Å². The molecular formula is C12H12FN3O4. The van der Waals surface area contributed by atoms with Gasteiger partial charge in [0.15, 0.2) is 0 Å². The van der Waals surface area contributed by atoms with Crippen LogP contribution >= 0.6 is 0 Å². The van der Waals surface area contributed by atoms with Gasteiger partial charge in [0.2, 0.25) is 11.8 Å². The first-order valence-corrected chi connectivity index (χ1v) is 5.81. The summed E-state index contributed by atoms with van der Waals surface area (Å²) in [5, 5.41) is 16.4. The van der Waals surface area contributed by atoms with E-state index in [2.05, 4.69) is 16.0 Å². The Morgan fingerprint density at radius 1 is 1.40 bits per heavy atom. The molecule has 7 nitrogen and oxygen atoms in total. The lowest BCUT2D eigenvalue weighted by atomic mass is 10.1. The second kappa shape index (κ2) is 5.66. The Bertz CT molecular complexity index is 566. The van der Waals surface area contributed by atoms with Crippen LogP contribution in [0.5, 0.6) is 0 Å². The summed E-state index contributed by atoms with van der Waals surface area (Å²) in [7, 11) is 0. The first-order valence-electron chi connectivity index (χ1n) is 5.81. The summed E-state index contributed by atoms with van der Waals surface area (Å²) < 4.78 is 13.4. The Morgan fingerprint density at radius 3 is 2.70 bits per heavy atom. The third kappa shape index (κ3) is 3.09. The van der Waals surface area contributed by atoms with Gasteiger partial charge in [0.05, 0.1) is 12.1 Å². The monoisotopic (exact) mass is 281 g/mol. The number of piperazine rings is 1. The average Bonchev–Trinajstić information content (AvgIpc) is 2.39. The molecule has 1 aliphatic heterocycles. The van der Waals surface area contributed by atoms with Gasteiger partial charge < -0.3 is 15.7 Å². The quantitative estimate of drug-likeness (QED) is 0.600. The minimum atomic E-state index is -1.38. The zero-order valence-corrected chi connectivity index (χ0v) is 10.3. The summed E-state index contributed by atoms with van der Waals surface area (Å²) in [6.07, 6.45) is 0. The third-order valence-corrected chi connectivity index (χ3v) is 2.80. The number of benzene rings is 1. The Hall–Kier alpha value is -2.48. The summed E-state index contributed by atoms with van der Waals surface area (Å²) in [6, 6.07) is 2.69. The van der Waals surface area contributed by atoms with Gasteiger partial charge in [0.1, 0.15) is 11.9 Å². The van der Waals surface area contributed by atoms with Crippen LogP contribution in [0.3, 0.4) is 0 Å². The first-order chi connectivity index (χ1) is 9.47. The van der Waals surface area contributed by atoms with E-state index < -0.39 is 29.3 Å². The Balaban J connectivity index is 2.03. The molecular weight excluding hydrogens is 269 g/mol. The van der Waals surface area contributed by atoms with Crippen molar-refractivity contribution in [1.29, 1.82) is 0 Å². The van der Waals surface area contributed by atoms with Gasteiger partial charge in [-0.05, 0) is 18.2 Å². The van der Waals surface area contributed by atoms with Crippen LogP contribution in [0.4, 0.5) is 10.1 Å². The van der Waals surface area contributed by atoms with Gasteiger partial charge in [-0.2, -0.15) is 0 Å². The largest absolute Gasteiger partial charge is 0.478 e. The van der Waals surface area contributed by atoms with E-state index in [1.165, 1.54) is 6.07 Å². The van der Waals surface area contributed by atoms with Crippen molar-refractivity contribution in [2.75, 3.05) is 18.4 Å². The maximum absolute atomic E-state index is 13.4. The highest BCUT2D eigenvalue weighted by Gasteiger charge is 2.24. The summed E-state index contributed by atoms with van der Waals surface area (Å²) >= 11 is 0. The SMILES string of the molecule is O=C1CNC(C(=O)Nc2ccc(C(=O)O)c(F)c2)CN1. The summed E-state index contributed by atoms with van der Waals surface area (Å²) in [4.78, 5) is 33.4. The van der Waals surface area contributed by atoms with E-state index >= 15 is 0 Å². The zero-order chi connectivity index (χ0) is 14.7. The number of carboxylic acids is 1. The molecule has 1 atom stereocenters. The molecule has 1 aromatic rings. The summed E-state index contributed by atoms with van der Waals surface area (Å²) in [5.41, 5.74) is -0.317. The van der Waals surface area contributed by atoms with E-state index in [0.717, 1.165) is 12.1 Å². The standard InChI is InChI=1S/C12H12FN3O4/c13-8-3-6(1-2-7(8)12(19)20)16-11(18)9-4-15-10(17)5-14-9/h1-3,9,14H,4-5H2,(H,15,17)(H,16,18)(H,19,20). The van der Waals surface area contributed by atoms with Crippen LogP contribution in [0.1, 0.15) is 10.4 Å². The number of hydrogen-bond donors (Lipinski definition) is 4. The lowest BCUT2D eigenvalue weighted by Crippen LogP contribution is -2.56. The molecule has 2 rings (SSSR count). The van der Waals surface area contributed by atoms with Crippen LogP contribution < -0.4 is 16.0 Å². The molecule has 1 unspecified atom stereocenters. The Morgan fingerprint density at radius 2 is 2.15 bits per heavy atom. The van der Waals surface area contributed by atoms with E-state index in [9.17, 15) is 18.8 Å². The fourth-order valence-corrected chi connectivity index (χ4v) is 1.75. The number of anilines is 1. The van der Waals surface area contributed by atoms with Crippen molar-refractivity contribution >= 4 is 23.5 Å². The topological polar surface area (TPSA) is 108 Å². The third-order valence-electron chi connectivity index (χ3n) is 2.80. The van der Waals surface area contributed by atoms with Crippen molar-refractivity contribution in [2.45, 2.75) is 6.04 Å². The number of hydrogen-bond acceptors (Lipinski definition) is 4. The Kier molecular flexibility index (Phi) is 3.94. The van der Waals surface area contributed by atoms with E-state index in [1.54, 1.807) is 0 Å². The number of rotatable bonds is 3. The predicted octanol–water partition coefficient (Wildman–Crippen LogP) is -0.450. The van der Waals surface area contributed by atoms with Crippen LogP contribution in [-0.4, -0.2) is 42.0 Å². The maximum atomic E-state index is 13.4. The predicted molar refractivity (Wildman–Crippen MR) is 66.8 cm³/mol. The molecule has 0 aliphatic carbocycles. The van der Waals surface area contributed by atoms with Gasteiger partial charge >= 0.3 is 5.97 Å². The summed E-state index contributed by atoms with van der Waals surface area (Å²) in [5.74, 6) is -2.95. The normalized spacial score (nSPS) is 18.2.